The molecule has 2 aromatic carbocycles. The molecule has 0 heterocycles. The van der Waals surface area contributed by atoms with Gasteiger partial charge in [-0.15, -0.1) is 0 Å². The van der Waals surface area contributed by atoms with Crippen LogP contribution in [0.4, 0.5) is 0 Å². The van der Waals surface area contributed by atoms with Crippen molar-refractivity contribution in [3.05, 3.63) is 65.7 Å². The van der Waals surface area contributed by atoms with Gasteiger partial charge in [-0.2, -0.15) is 0 Å². The molecule has 0 saturated heterocycles. The number of rotatable bonds is 6. The van der Waals surface area contributed by atoms with Gasteiger partial charge in [-0.25, -0.2) is 0 Å². The molecule has 0 unspecified atom stereocenters. The Morgan fingerprint density at radius 1 is 1.10 bits per heavy atom. The molecule has 1 atom stereocenters. The largest absolute Gasteiger partial charge is 0.497 e. The van der Waals surface area contributed by atoms with E-state index in [1.54, 1.807) is 31.4 Å². The first-order valence-corrected chi connectivity index (χ1v) is 6.59. The lowest BCUT2D eigenvalue weighted by atomic mass is 10.00. The van der Waals surface area contributed by atoms with Crippen molar-refractivity contribution in [3.63, 3.8) is 0 Å². The minimum absolute atomic E-state index is 0.168. The molecule has 0 radical (unpaired) electrons. The van der Waals surface area contributed by atoms with E-state index in [1.165, 1.54) is 0 Å². The summed E-state index contributed by atoms with van der Waals surface area (Å²) in [7, 11) is 1.58. The molecule has 20 heavy (non-hydrogen) atoms. The summed E-state index contributed by atoms with van der Waals surface area (Å²) in [6, 6.07) is 16.7. The van der Waals surface area contributed by atoms with Gasteiger partial charge in [0.2, 0.25) is 0 Å². The predicted molar refractivity (Wildman–Crippen MR) is 77.7 cm³/mol. The molecule has 1 N–H and O–H groups in total. The molecule has 2 rings (SSSR count). The number of aryl methyl sites for hydroxylation is 1. The van der Waals surface area contributed by atoms with Crippen LogP contribution in [-0.2, 0) is 11.2 Å². The monoisotopic (exact) mass is 270 g/mol. The van der Waals surface area contributed by atoms with Gasteiger partial charge in [-0.3, -0.25) is 4.79 Å². The van der Waals surface area contributed by atoms with Crippen LogP contribution in [-0.4, -0.2) is 18.0 Å². The molecule has 3 heteroatoms. The topological polar surface area (TPSA) is 46.5 Å². The van der Waals surface area contributed by atoms with Crippen molar-refractivity contribution in [2.45, 2.75) is 18.9 Å². The third-order valence-electron chi connectivity index (χ3n) is 3.24. The van der Waals surface area contributed by atoms with Crippen LogP contribution >= 0.6 is 0 Å². The Morgan fingerprint density at radius 3 is 2.35 bits per heavy atom. The normalized spacial score (nSPS) is 11.9. The fourth-order valence-corrected chi connectivity index (χ4v) is 2.02. The average Bonchev–Trinajstić information content (AvgIpc) is 2.53. The molecule has 0 saturated carbocycles. The standard InChI is InChI=1S/C17H18O3/c1-20-15-10-8-14(9-11-15)17(19)16(18)12-7-13-5-3-2-4-6-13/h2-6,8-11,17,19H,7,12H2,1H3/t17-/m1/s1. The van der Waals surface area contributed by atoms with Gasteiger partial charge in [0.25, 0.3) is 0 Å². The van der Waals surface area contributed by atoms with Crippen molar-refractivity contribution in [1.29, 1.82) is 0 Å². The highest BCUT2D eigenvalue weighted by Gasteiger charge is 2.16. The van der Waals surface area contributed by atoms with Crippen molar-refractivity contribution in [2.75, 3.05) is 7.11 Å². The highest BCUT2D eigenvalue weighted by molar-refractivity contribution is 5.84. The maximum atomic E-state index is 12.0. The van der Waals surface area contributed by atoms with Gasteiger partial charge in [0.15, 0.2) is 5.78 Å². The van der Waals surface area contributed by atoms with Crippen LogP contribution in [0.3, 0.4) is 0 Å². The molecule has 2 aromatic rings. The number of ether oxygens (including phenoxy) is 1. The minimum atomic E-state index is -1.07. The predicted octanol–water partition coefficient (Wildman–Crippen LogP) is 2.93. The number of Topliss-reactive ketones (excluding diaryl/α,β-unsaturated/α-hetero) is 1. The van der Waals surface area contributed by atoms with Crippen LogP contribution in [0.5, 0.6) is 5.75 Å². The van der Waals surface area contributed by atoms with E-state index in [-0.39, 0.29) is 5.78 Å². The zero-order chi connectivity index (χ0) is 14.4. The Bertz CT molecular complexity index is 546. The number of hydrogen-bond acceptors (Lipinski definition) is 3. The van der Waals surface area contributed by atoms with E-state index in [0.29, 0.717) is 24.2 Å². The summed E-state index contributed by atoms with van der Waals surface area (Å²) in [5.74, 6) is 0.539. The fourth-order valence-electron chi connectivity index (χ4n) is 2.02. The summed E-state index contributed by atoms with van der Waals surface area (Å²) in [5.41, 5.74) is 1.70. The van der Waals surface area contributed by atoms with E-state index in [1.807, 2.05) is 30.3 Å². The Morgan fingerprint density at radius 2 is 1.75 bits per heavy atom. The van der Waals surface area contributed by atoms with Crippen molar-refractivity contribution in [1.82, 2.24) is 0 Å². The summed E-state index contributed by atoms with van der Waals surface area (Å²) in [4.78, 5) is 12.0. The molecule has 0 aromatic heterocycles. The Labute approximate surface area is 118 Å². The molecule has 0 aliphatic rings. The summed E-state index contributed by atoms with van der Waals surface area (Å²) in [6.07, 6.45) is -0.0889. The van der Waals surface area contributed by atoms with E-state index in [9.17, 15) is 9.90 Å². The van der Waals surface area contributed by atoms with Gasteiger partial charge in [-0.1, -0.05) is 42.5 Å². The molecular formula is C17H18O3. The smallest absolute Gasteiger partial charge is 0.166 e. The lowest BCUT2D eigenvalue weighted by Crippen LogP contribution is -2.12. The van der Waals surface area contributed by atoms with Gasteiger partial charge in [0, 0.05) is 6.42 Å². The number of aliphatic hydroxyl groups is 1. The summed E-state index contributed by atoms with van der Waals surface area (Å²) < 4.78 is 5.05. The van der Waals surface area contributed by atoms with Gasteiger partial charge in [-0.05, 0) is 29.7 Å². The molecule has 0 amide bonds. The zero-order valence-electron chi connectivity index (χ0n) is 11.5. The zero-order valence-corrected chi connectivity index (χ0v) is 11.5. The second-order valence-corrected chi connectivity index (χ2v) is 4.63. The van der Waals surface area contributed by atoms with E-state index in [0.717, 1.165) is 5.56 Å². The maximum Gasteiger partial charge on any atom is 0.166 e. The number of aliphatic hydroxyl groups excluding tert-OH is 1. The third kappa shape index (κ3) is 3.68. The van der Waals surface area contributed by atoms with Crippen molar-refractivity contribution in [2.24, 2.45) is 0 Å². The molecule has 0 aliphatic heterocycles. The molecule has 0 bridgehead atoms. The van der Waals surface area contributed by atoms with Crippen LogP contribution in [0.25, 0.3) is 0 Å². The highest BCUT2D eigenvalue weighted by Crippen LogP contribution is 2.20. The average molecular weight is 270 g/mol. The second kappa shape index (κ2) is 6.87. The number of methoxy groups -OCH3 is 1. The van der Waals surface area contributed by atoms with E-state index >= 15 is 0 Å². The lowest BCUT2D eigenvalue weighted by Gasteiger charge is -2.10. The first kappa shape index (κ1) is 14.3. The van der Waals surface area contributed by atoms with Crippen molar-refractivity contribution >= 4 is 5.78 Å². The number of hydrogen-bond donors (Lipinski definition) is 1. The van der Waals surface area contributed by atoms with E-state index < -0.39 is 6.10 Å². The Hall–Kier alpha value is -2.13. The van der Waals surface area contributed by atoms with Crippen molar-refractivity contribution in [3.8, 4) is 5.75 Å². The second-order valence-electron chi connectivity index (χ2n) is 4.63. The number of carbonyl (C=O) groups excluding carboxylic acids is 1. The van der Waals surface area contributed by atoms with Crippen molar-refractivity contribution < 1.29 is 14.6 Å². The molecule has 0 aliphatic carbocycles. The lowest BCUT2D eigenvalue weighted by molar-refractivity contribution is -0.127. The van der Waals surface area contributed by atoms with E-state index in [4.69, 9.17) is 4.74 Å². The van der Waals surface area contributed by atoms with Gasteiger partial charge < -0.3 is 9.84 Å². The maximum absolute atomic E-state index is 12.0. The summed E-state index contributed by atoms with van der Waals surface area (Å²) in [5, 5.41) is 10.0. The summed E-state index contributed by atoms with van der Waals surface area (Å²) in [6.45, 7) is 0. The van der Waals surface area contributed by atoms with Gasteiger partial charge in [0.05, 0.1) is 7.11 Å². The van der Waals surface area contributed by atoms with Gasteiger partial charge >= 0.3 is 0 Å². The van der Waals surface area contributed by atoms with Crippen LogP contribution in [0.15, 0.2) is 54.6 Å². The number of carbonyl (C=O) groups is 1. The highest BCUT2D eigenvalue weighted by atomic mass is 16.5. The molecule has 3 nitrogen and oxygen atoms in total. The fraction of sp³-hybridized carbons (Fsp3) is 0.235. The first-order chi connectivity index (χ1) is 9.70. The van der Waals surface area contributed by atoms with Crippen LogP contribution in [0.1, 0.15) is 23.7 Å². The SMILES string of the molecule is COc1ccc([C@@H](O)C(=O)CCc2ccccc2)cc1. The molecular weight excluding hydrogens is 252 g/mol. The van der Waals surface area contributed by atoms with Crippen LogP contribution in [0.2, 0.25) is 0 Å². The summed E-state index contributed by atoms with van der Waals surface area (Å²) >= 11 is 0. The van der Waals surface area contributed by atoms with E-state index in [2.05, 4.69) is 0 Å². The van der Waals surface area contributed by atoms with Crippen LogP contribution in [0, 0.1) is 0 Å². The number of ketones is 1. The number of benzene rings is 2. The quantitative estimate of drug-likeness (QED) is 0.878. The molecule has 104 valence electrons. The Balaban J connectivity index is 1.94. The molecule has 0 spiro atoms. The molecule has 0 fully saturated rings. The van der Waals surface area contributed by atoms with Crippen LogP contribution < -0.4 is 4.74 Å². The minimum Gasteiger partial charge on any atom is -0.497 e. The first-order valence-electron chi connectivity index (χ1n) is 6.59. The third-order valence-corrected chi connectivity index (χ3v) is 3.24. The van der Waals surface area contributed by atoms with Gasteiger partial charge in [0.1, 0.15) is 11.9 Å². The Kier molecular flexibility index (Phi) is 4.91.